The molecule has 1 unspecified atom stereocenters. The molecule has 0 aliphatic heterocycles. The molecular formula is C34H44I3N2O6-. The van der Waals surface area contributed by atoms with Crippen LogP contribution in [0.5, 0.6) is 0 Å². The summed E-state index contributed by atoms with van der Waals surface area (Å²) in [5.41, 5.74) is 0.0702. The molecule has 3 atom stereocenters. The van der Waals surface area contributed by atoms with Gasteiger partial charge < -0.3 is 25.2 Å². The summed E-state index contributed by atoms with van der Waals surface area (Å²) in [6.07, 6.45) is 10.2. The molecule has 3 N–H and O–H groups in total. The van der Waals surface area contributed by atoms with Gasteiger partial charge in [0.25, 0.3) is 0 Å². The number of aliphatic hydroxyl groups excluding tert-OH is 1. The minimum atomic E-state index is -0.827. The Hall–Kier alpha value is -2.08. The van der Waals surface area contributed by atoms with Crippen LogP contribution in [0, 0.1) is 24.7 Å². The standard InChI is InChI=1S/C17H23NO3.C17H21NO3.I3/c2*1-5-6-12-14(18-16(20)21-17(2,3)4)15(19)13-10-8-7-9-11-13;1-3-2/h1,7-11,14-15,19H,6,12H2,2-4H3,(H,18,20);1,7-11,14H,6,12H2,2-4H3,(H,18,20);/q;;-1/t14-,15-;;/m1../s1. The van der Waals surface area contributed by atoms with Crippen molar-refractivity contribution >= 4 is 55.2 Å². The number of carbonyl (C=O) groups excluding carboxylic acids is 3. The Morgan fingerprint density at radius 1 is 0.800 bits per heavy atom. The quantitative estimate of drug-likeness (QED) is 0.176. The van der Waals surface area contributed by atoms with Crippen LogP contribution >= 0.6 is 37.2 Å². The first-order valence-corrected chi connectivity index (χ1v) is 26.7. The molecule has 8 nitrogen and oxygen atoms in total. The molecule has 0 saturated heterocycles. The molecule has 0 spiro atoms. The van der Waals surface area contributed by atoms with Crippen LogP contribution in [0.4, 0.5) is 9.59 Å². The van der Waals surface area contributed by atoms with Gasteiger partial charge in [-0.05, 0) is 59.9 Å². The topological polar surface area (TPSA) is 114 Å². The number of alkyl carbamates (subject to hydrolysis) is 2. The zero-order valence-electron chi connectivity index (χ0n) is 26.6. The zero-order chi connectivity index (χ0) is 34.5. The molecule has 0 aliphatic rings. The predicted molar refractivity (Wildman–Crippen MR) is 193 cm³/mol. The zero-order valence-corrected chi connectivity index (χ0v) is 33.1. The van der Waals surface area contributed by atoms with Crippen molar-refractivity contribution < 1.29 is 42.2 Å². The number of terminal acetylenes is 2. The molecule has 0 aromatic heterocycles. The molecule has 2 aromatic carbocycles. The Morgan fingerprint density at radius 3 is 1.67 bits per heavy atom. The first-order valence-electron chi connectivity index (χ1n) is 14.1. The summed E-state index contributed by atoms with van der Waals surface area (Å²) in [4.78, 5) is 36.1. The molecule has 11 heteroatoms. The monoisotopic (exact) mass is 957 g/mol. The average Bonchev–Trinajstić information content (AvgIpc) is 2.96. The number of nitrogens with one attached hydrogen (secondary N) is 2. The molecule has 2 rings (SSSR count). The van der Waals surface area contributed by atoms with E-state index in [0.717, 1.165) is 5.56 Å². The van der Waals surface area contributed by atoms with Gasteiger partial charge in [0.1, 0.15) is 11.2 Å². The second kappa shape index (κ2) is 23.3. The first kappa shape index (κ1) is 42.9. The van der Waals surface area contributed by atoms with Crippen molar-refractivity contribution in [3.8, 4) is 24.7 Å². The van der Waals surface area contributed by atoms with E-state index in [9.17, 15) is 19.5 Å². The second-order valence-electron chi connectivity index (χ2n) is 11.6. The van der Waals surface area contributed by atoms with Gasteiger partial charge in [-0.1, -0.05) is 60.7 Å². The SMILES string of the molecule is C#CCCC(NC(=O)OC(C)(C)C)C(=O)c1ccccc1.C#CCC[C@@H](NC(=O)OC(C)(C)C)[C@H](O)c1ccccc1.I[I-]I. The van der Waals surface area contributed by atoms with Crippen molar-refractivity contribution in [1.82, 2.24) is 10.6 Å². The summed E-state index contributed by atoms with van der Waals surface area (Å²) >= 11 is 5.30. The number of amides is 2. The van der Waals surface area contributed by atoms with E-state index in [2.05, 4.69) is 59.7 Å². The van der Waals surface area contributed by atoms with Gasteiger partial charge in [-0.15, -0.1) is 24.7 Å². The molecule has 0 saturated carbocycles. The van der Waals surface area contributed by atoms with Gasteiger partial charge in [-0.2, -0.15) is 0 Å². The number of ether oxygens (including phenoxy) is 2. The van der Waals surface area contributed by atoms with Gasteiger partial charge >= 0.3 is 62.7 Å². The van der Waals surface area contributed by atoms with Crippen molar-refractivity contribution in [1.29, 1.82) is 0 Å². The maximum atomic E-state index is 12.4. The number of benzene rings is 2. The van der Waals surface area contributed by atoms with Gasteiger partial charge in [0.05, 0.1) is 18.2 Å². The van der Waals surface area contributed by atoms with E-state index in [0.29, 0.717) is 44.5 Å². The third-order valence-electron chi connectivity index (χ3n) is 5.47. The number of ketones is 1. The molecule has 0 radical (unpaired) electrons. The number of hydrogen-bond acceptors (Lipinski definition) is 6. The Balaban J connectivity index is 0.000000791. The number of halogens is 3. The Kier molecular flexibility index (Phi) is 22.2. The molecule has 45 heavy (non-hydrogen) atoms. The van der Waals surface area contributed by atoms with Crippen LogP contribution in [-0.2, 0) is 9.47 Å². The fourth-order valence-electron chi connectivity index (χ4n) is 3.64. The van der Waals surface area contributed by atoms with Gasteiger partial charge in [0.2, 0.25) is 0 Å². The summed E-state index contributed by atoms with van der Waals surface area (Å²) in [5, 5.41) is 15.7. The van der Waals surface area contributed by atoms with Crippen molar-refractivity contribution in [3.05, 3.63) is 71.8 Å². The Morgan fingerprint density at radius 2 is 1.22 bits per heavy atom. The molecule has 2 aromatic rings. The minimum absolute atomic E-state index is 0.170. The second-order valence-corrected chi connectivity index (χ2v) is 27.8. The fourth-order valence-corrected chi connectivity index (χ4v) is 3.64. The van der Waals surface area contributed by atoms with Crippen molar-refractivity contribution in [3.63, 3.8) is 0 Å². The van der Waals surface area contributed by atoms with E-state index < -0.39 is 41.6 Å². The molecule has 0 heterocycles. The van der Waals surface area contributed by atoms with Crippen LogP contribution in [0.2, 0.25) is 0 Å². The molecule has 0 aliphatic carbocycles. The maximum absolute atomic E-state index is 12.4. The number of aliphatic hydroxyl groups is 1. The summed E-state index contributed by atoms with van der Waals surface area (Å²) in [6, 6.07) is 16.8. The number of rotatable bonds is 10. The van der Waals surface area contributed by atoms with Crippen molar-refractivity contribution in [2.45, 2.75) is 96.6 Å². The van der Waals surface area contributed by atoms with Gasteiger partial charge in [0.15, 0.2) is 5.78 Å². The van der Waals surface area contributed by atoms with Crippen LogP contribution < -0.4 is 23.9 Å². The molecule has 2 amide bonds. The first-order chi connectivity index (χ1) is 21.1. The Bertz CT molecular complexity index is 1230. The summed E-state index contributed by atoms with van der Waals surface area (Å²) in [6.45, 7) is 10.7. The molecule has 248 valence electrons. The molecular weight excluding hydrogens is 913 g/mol. The van der Waals surface area contributed by atoms with Crippen LogP contribution in [0.25, 0.3) is 0 Å². The van der Waals surface area contributed by atoms with Crippen molar-refractivity contribution in [2.24, 2.45) is 0 Å². The van der Waals surface area contributed by atoms with Crippen LogP contribution in [0.3, 0.4) is 0 Å². The Labute approximate surface area is 298 Å². The number of Topliss-reactive ketones (excluding diaryl/α,β-unsaturated/α-hetero) is 1. The van der Waals surface area contributed by atoms with E-state index in [4.69, 9.17) is 22.3 Å². The van der Waals surface area contributed by atoms with E-state index in [1.54, 1.807) is 65.8 Å². The summed E-state index contributed by atoms with van der Waals surface area (Å²) in [7, 11) is 0. The third kappa shape index (κ3) is 21.4. The molecule has 0 bridgehead atoms. The normalized spacial score (nSPS) is 12.6. The molecule has 0 fully saturated rings. The third-order valence-corrected chi connectivity index (χ3v) is 5.47. The van der Waals surface area contributed by atoms with E-state index in [1.165, 1.54) is 0 Å². The summed E-state index contributed by atoms with van der Waals surface area (Å²) in [5.74, 6) is 4.83. The van der Waals surface area contributed by atoms with Gasteiger partial charge in [-0.25, -0.2) is 9.59 Å². The van der Waals surface area contributed by atoms with Gasteiger partial charge in [0, 0.05) is 18.4 Å². The predicted octanol–water partition coefficient (Wildman–Crippen LogP) is 4.98. The van der Waals surface area contributed by atoms with Crippen molar-refractivity contribution in [2.75, 3.05) is 0 Å². The van der Waals surface area contributed by atoms with Gasteiger partial charge in [-0.3, -0.25) is 4.79 Å². The van der Waals surface area contributed by atoms with E-state index in [1.807, 2.05) is 36.4 Å². The van der Waals surface area contributed by atoms with E-state index in [-0.39, 0.29) is 5.78 Å². The average molecular weight is 957 g/mol. The van der Waals surface area contributed by atoms with Crippen LogP contribution in [-0.4, -0.2) is 46.4 Å². The van der Waals surface area contributed by atoms with Crippen LogP contribution in [0.15, 0.2) is 60.7 Å². The van der Waals surface area contributed by atoms with E-state index >= 15 is 0 Å². The number of carbonyl (C=O) groups is 3. The summed E-state index contributed by atoms with van der Waals surface area (Å²) < 4.78 is 10.4. The number of hydrogen-bond donors (Lipinski definition) is 3. The van der Waals surface area contributed by atoms with Crippen LogP contribution in [0.1, 0.15) is 89.3 Å². The fraction of sp³-hybridized carbons (Fsp3) is 0.441.